The number of rotatable bonds is 6. The first-order valence-electron chi connectivity index (χ1n) is 5.59. The molecule has 0 aliphatic heterocycles. The number of benzene rings is 1. The third kappa shape index (κ3) is 3.94. The minimum Gasteiger partial charge on any atom is -0.328 e. The molecule has 0 heterocycles. The van der Waals surface area contributed by atoms with Gasteiger partial charge in [-0.25, -0.2) is 8.42 Å². The summed E-state index contributed by atoms with van der Waals surface area (Å²) in [6.07, 6.45) is 2.29. The van der Waals surface area contributed by atoms with Crippen molar-refractivity contribution in [3.63, 3.8) is 0 Å². The zero-order valence-electron chi connectivity index (χ0n) is 9.59. The Morgan fingerprint density at radius 2 is 1.88 bits per heavy atom. The molecule has 0 aromatic heterocycles. The van der Waals surface area contributed by atoms with Crippen molar-refractivity contribution in [2.75, 3.05) is 5.75 Å². The zero-order chi connectivity index (χ0) is 12.0. The summed E-state index contributed by atoms with van der Waals surface area (Å²) in [6.45, 7) is 2.01. The van der Waals surface area contributed by atoms with Crippen LogP contribution in [0.3, 0.4) is 0 Å². The van der Waals surface area contributed by atoms with Gasteiger partial charge in [-0.15, -0.1) is 0 Å². The van der Waals surface area contributed by atoms with Crippen LogP contribution in [0.4, 0.5) is 0 Å². The Bertz CT molecular complexity index is 400. The lowest BCUT2D eigenvalue weighted by molar-refractivity contribution is 0.567. The van der Waals surface area contributed by atoms with Gasteiger partial charge in [-0.2, -0.15) is 0 Å². The van der Waals surface area contributed by atoms with E-state index < -0.39 is 9.84 Å². The molecule has 0 spiro atoms. The van der Waals surface area contributed by atoms with Gasteiger partial charge >= 0.3 is 0 Å². The molecule has 1 rings (SSSR count). The van der Waals surface area contributed by atoms with Crippen LogP contribution in [0.2, 0.25) is 0 Å². The third-order valence-electron chi connectivity index (χ3n) is 2.61. The number of hydrogen-bond donors (Lipinski definition) is 1. The van der Waals surface area contributed by atoms with E-state index in [2.05, 4.69) is 0 Å². The van der Waals surface area contributed by atoms with E-state index in [9.17, 15) is 8.42 Å². The van der Waals surface area contributed by atoms with Crippen LogP contribution in [0.1, 0.15) is 26.2 Å². The fraction of sp³-hybridized carbons (Fsp3) is 0.500. The maximum Gasteiger partial charge on any atom is 0.178 e. The van der Waals surface area contributed by atoms with Gasteiger partial charge in [0, 0.05) is 6.04 Å². The summed E-state index contributed by atoms with van der Waals surface area (Å²) in [5.74, 6) is 0.185. The predicted octanol–water partition coefficient (Wildman–Crippen LogP) is 1.98. The van der Waals surface area contributed by atoms with E-state index in [1.165, 1.54) is 0 Å². The molecule has 4 heteroatoms. The van der Waals surface area contributed by atoms with Crippen LogP contribution < -0.4 is 5.73 Å². The maximum atomic E-state index is 11.9. The Morgan fingerprint density at radius 3 is 2.44 bits per heavy atom. The van der Waals surface area contributed by atoms with Crippen LogP contribution >= 0.6 is 0 Å². The standard InChI is InChI=1S/C12H19NO2S/c1-2-11(13)7-6-10-16(14,15)12-8-4-3-5-9-12/h3-5,8-9,11H,2,6-7,10,13H2,1H3. The molecule has 0 bridgehead atoms. The quantitative estimate of drug-likeness (QED) is 0.828. The number of hydrogen-bond acceptors (Lipinski definition) is 3. The monoisotopic (exact) mass is 241 g/mol. The average Bonchev–Trinajstić information content (AvgIpc) is 2.30. The molecule has 0 amide bonds. The second kappa shape index (κ2) is 6.01. The van der Waals surface area contributed by atoms with Gasteiger partial charge in [-0.05, 0) is 31.4 Å². The van der Waals surface area contributed by atoms with E-state index in [0.717, 1.165) is 12.8 Å². The fourth-order valence-electron chi connectivity index (χ4n) is 1.49. The van der Waals surface area contributed by atoms with E-state index in [-0.39, 0.29) is 11.8 Å². The summed E-state index contributed by atoms with van der Waals surface area (Å²) in [5, 5.41) is 0. The van der Waals surface area contributed by atoms with Crippen LogP contribution in [0.15, 0.2) is 35.2 Å². The highest BCUT2D eigenvalue weighted by Gasteiger charge is 2.13. The molecule has 0 fully saturated rings. The van der Waals surface area contributed by atoms with Crippen LogP contribution in [0, 0.1) is 0 Å². The van der Waals surface area contributed by atoms with E-state index in [0.29, 0.717) is 11.3 Å². The Morgan fingerprint density at radius 1 is 1.25 bits per heavy atom. The van der Waals surface area contributed by atoms with Crippen molar-refractivity contribution in [3.05, 3.63) is 30.3 Å². The molecule has 0 radical (unpaired) electrons. The van der Waals surface area contributed by atoms with Gasteiger partial charge in [0.25, 0.3) is 0 Å². The summed E-state index contributed by atoms with van der Waals surface area (Å²) < 4.78 is 23.7. The SMILES string of the molecule is CCC(N)CCCS(=O)(=O)c1ccccc1. The smallest absolute Gasteiger partial charge is 0.178 e. The molecule has 1 atom stereocenters. The van der Waals surface area contributed by atoms with Gasteiger partial charge in [0.05, 0.1) is 10.6 Å². The lowest BCUT2D eigenvalue weighted by Crippen LogP contribution is -2.19. The first-order chi connectivity index (χ1) is 7.56. The Labute approximate surface area is 97.6 Å². The molecule has 0 aliphatic carbocycles. The number of nitrogens with two attached hydrogens (primary N) is 1. The highest BCUT2D eigenvalue weighted by atomic mass is 32.2. The largest absolute Gasteiger partial charge is 0.328 e. The van der Waals surface area contributed by atoms with E-state index in [1.807, 2.05) is 13.0 Å². The molecule has 90 valence electrons. The first kappa shape index (κ1) is 13.2. The second-order valence-electron chi connectivity index (χ2n) is 3.94. The summed E-state index contributed by atoms with van der Waals surface area (Å²) in [5.41, 5.74) is 5.75. The summed E-state index contributed by atoms with van der Waals surface area (Å²) in [7, 11) is -3.12. The molecule has 1 unspecified atom stereocenters. The van der Waals surface area contributed by atoms with E-state index in [4.69, 9.17) is 5.73 Å². The topological polar surface area (TPSA) is 60.2 Å². The van der Waals surface area contributed by atoms with Crippen molar-refractivity contribution in [1.29, 1.82) is 0 Å². The summed E-state index contributed by atoms with van der Waals surface area (Å²) in [4.78, 5) is 0.403. The predicted molar refractivity (Wildman–Crippen MR) is 66.0 cm³/mol. The highest BCUT2D eigenvalue weighted by molar-refractivity contribution is 7.91. The lowest BCUT2D eigenvalue weighted by atomic mass is 10.1. The molecule has 1 aromatic carbocycles. The van der Waals surface area contributed by atoms with Crippen LogP contribution in [-0.2, 0) is 9.84 Å². The minimum atomic E-state index is -3.12. The Balaban J connectivity index is 2.54. The summed E-state index contributed by atoms with van der Waals surface area (Å²) in [6, 6.07) is 8.68. The normalized spacial score (nSPS) is 13.6. The van der Waals surface area contributed by atoms with Gasteiger partial charge < -0.3 is 5.73 Å². The first-order valence-corrected chi connectivity index (χ1v) is 7.25. The van der Waals surface area contributed by atoms with Gasteiger partial charge in [0.2, 0.25) is 0 Å². The van der Waals surface area contributed by atoms with Gasteiger partial charge in [-0.3, -0.25) is 0 Å². The molecule has 2 N–H and O–H groups in total. The molecule has 16 heavy (non-hydrogen) atoms. The maximum absolute atomic E-state index is 11.9. The van der Waals surface area contributed by atoms with Crippen molar-refractivity contribution in [2.45, 2.75) is 37.1 Å². The lowest BCUT2D eigenvalue weighted by Gasteiger charge is -2.08. The van der Waals surface area contributed by atoms with Crippen LogP contribution in [0.25, 0.3) is 0 Å². The minimum absolute atomic E-state index is 0.117. The van der Waals surface area contributed by atoms with Crippen molar-refractivity contribution >= 4 is 9.84 Å². The van der Waals surface area contributed by atoms with E-state index >= 15 is 0 Å². The van der Waals surface area contributed by atoms with Crippen molar-refractivity contribution in [2.24, 2.45) is 5.73 Å². The van der Waals surface area contributed by atoms with Crippen molar-refractivity contribution in [3.8, 4) is 0 Å². The molecule has 1 aromatic rings. The summed E-state index contributed by atoms with van der Waals surface area (Å²) >= 11 is 0. The highest BCUT2D eigenvalue weighted by Crippen LogP contribution is 2.12. The molecule has 0 saturated heterocycles. The van der Waals surface area contributed by atoms with Crippen molar-refractivity contribution in [1.82, 2.24) is 0 Å². The van der Waals surface area contributed by atoms with Crippen LogP contribution in [-0.4, -0.2) is 20.2 Å². The third-order valence-corrected chi connectivity index (χ3v) is 4.43. The molecule has 0 aliphatic rings. The average molecular weight is 241 g/mol. The Kier molecular flexibility index (Phi) is 4.96. The second-order valence-corrected chi connectivity index (χ2v) is 6.05. The zero-order valence-corrected chi connectivity index (χ0v) is 10.4. The van der Waals surface area contributed by atoms with Gasteiger partial charge in [0.15, 0.2) is 9.84 Å². The number of sulfone groups is 1. The molecular weight excluding hydrogens is 222 g/mol. The van der Waals surface area contributed by atoms with Crippen LogP contribution in [0.5, 0.6) is 0 Å². The molecule has 0 saturated carbocycles. The van der Waals surface area contributed by atoms with E-state index in [1.54, 1.807) is 24.3 Å². The Hall–Kier alpha value is -0.870. The van der Waals surface area contributed by atoms with Gasteiger partial charge in [0.1, 0.15) is 0 Å². The fourth-order valence-corrected chi connectivity index (χ4v) is 2.84. The van der Waals surface area contributed by atoms with Crippen molar-refractivity contribution < 1.29 is 8.42 Å². The molecule has 3 nitrogen and oxygen atoms in total. The van der Waals surface area contributed by atoms with Gasteiger partial charge in [-0.1, -0.05) is 25.1 Å². The molecular formula is C12H19NO2S.